The Hall–Kier alpha value is -1.88. The van der Waals surface area contributed by atoms with Crippen molar-refractivity contribution in [3.63, 3.8) is 0 Å². The maximum Gasteiger partial charge on any atom is 0.339 e. The molecule has 0 saturated heterocycles. The summed E-state index contributed by atoms with van der Waals surface area (Å²) < 4.78 is 1.36. The number of carboxylic acid groups (broad SMARTS) is 1. The summed E-state index contributed by atoms with van der Waals surface area (Å²) in [6, 6.07) is 4.50. The van der Waals surface area contributed by atoms with E-state index in [2.05, 4.69) is 10.1 Å². The highest BCUT2D eigenvalue weighted by molar-refractivity contribution is 6.29. The van der Waals surface area contributed by atoms with Crippen LogP contribution < -0.4 is 0 Å². The summed E-state index contributed by atoms with van der Waals surface area (Å²) in [6.07, 6.45) is 3.14. The van der Waals surface area contributed by atoms with Crippen LogP contribution in [0.4, 0.5) is 0 Å². The molecule has 2 heterocycles. The minimum Gasteiger partial charge on any atom is -0.478 e. The van der Waals surface area contributed by atoms with Gasteiger partial charge in [0.25, 0.3) is 0 Å². The van der Waals surface area contributed by atoms with E-state index in [0.29, 0.717) is 0 Å². The lowest BCUT2D eigenvalue weighted by molar-refractivity contribution is 0.0696. The summed E-state index contributed by atoms with van der Waals surface area (Å²) in [5, 5.41) is 13.1. The smallest absolute Gasteiger partial charge is 0.339 e. The zero-order valence-electron chi connectivity index (χ0n) is 7.46. The fourth-order valence-corrected chi connectivity index (χ4v) is 1.30. The fraction of sp³-hybridized carbons (Fsp3) is 0. The lowest BCUT2D eigenvalue weighted by atomic mass is 10.2. The highest BCUT2D eigenvalue weighted by atomic mass is 35.5. The lowest BCUT2D eigenvalue weighted by Crippen LogP contribution is -2.08. The van der Waals surface area contributed by atoms with Crippen LogP contribution in [0, 0.1) is 0 Å². The predicted molar refractivity (Wildman–Crippen MR) is 53.3 cm³/mol. The van der Waals surface area contributed by atoms with Crippen LogP contribution >= 0.6 is 11.6 Å². The van der Waals surface area contributed by atoms with Gasteiger partial charge in [-0.2, -0.15) is 5.10 Å². The van der Waals surface area contributed by atoms with Crippen molar-refractivity contribution >= 4 is 17.6 Å². The largest absolute Gasteiger partial charge is 0.478 e. The van der Waals surface area contributed by atoms with Crippen LogP contribution in [0.3, 0.4) is 0 Å². The van der Waals surface area contributed by atoms with Gasteiger partial charge in [0, 0.05) is 12.4 Å². The molecule has 0 bridgehead atoms. The first-order valence-corrected chi connectivity index (χ1v) is 4.46. The van der Waals surface area contributed by atoms with Crippen molar-refractivity contribution < 1.29 is 9.90 Å². The molecule has 0 amide bonds. The van der Waals surface area contributed by atoms with Gasteiger partial charge in [0.1, 0.15) is 10.7 Å². The van der Waals surface area contributed by atoms with Gasteiger partial charge in [-0.15, -0.1) is 0 Å². The lowest BCUT2D eigenvalue weighted by Gasteiger charge is -2.04. The average Bonchev–Trinajstić information content (AvgIpc) is 2.69. The van der Waals surface area contributed by atoms with E-state index in [1.165, 1.54) is 23.0 Å². The van der Waals surface area contributed by atoms with E-state index in [4.69, 9.17) is 16.7 Å². The highest BCUT2D eigenvalue weighted by Crippen LogP contribution is 2.14. The molecule has 1 N–H and O–H groups in total. The second kappa shape index (κ2) is 3.70. The number of hydrogen-bond donors (Lipinski definition) is 1. The van der Waals surface area contributed by atoms with Gasteiger partial charge in [0.05, 0.1) is 0 Å². The number of carbonyl (C=O) groups is 1. The standard InChI is InChI=1S/C9H6ClN3O2/c10-7-3-2-6(9(14)15)8(12-7)13-5-1-4-11-13/h1-5H,(H,14,15). The molecule has 0 unspecified atom stereocenters. The molecule has 0 aromatic carbocycles. The molecular formula is C9H6ClN3O2. The van der Waals surface area contributed by atoms with Gasteiger partial charge in [0.15, 0.2) is 5.82 Å². The summed E-state index contributed by atoms with van der Waals surface area (Å²) in [5.74, 6) is -0.857. The van der Waals surface area contributed by atoms with Crippen LogP contribution in [0.5, 0.6) is 0 Å². The number of aromatic carboxylic acids is 1. The topological polar surface area (TPSA) is 68.0 Å². The molecule has 2 rings (SSSR count). The number of nitrogens with zero attached hydrogens (tertiary/aromatic N) is 3. The Morgan fingerprint density at radius 3 is 2.87 bits per heavy atom. The van der Waals surface area contributed by atoms with E-state index in [1.54, 1.807) is 12.3 Å². The van der Waals surface area contributed by atoms with Crippen molar-refractivity contribution in [1.82, 2.24) is 14.8 Å². The monoisotopic (exact) mass is 223 g/mol. The van der Waals surface area contributed by atoms with Crippen molar-refractivity contribution in [2.24, 2.45) is 0 Å². The van der Waals surface area contributed by atoms with Crippen LogP contribution in [0.15, 0.2) is 30.6 Å². The molecule has 0 aliphatic heterocycles. The second-order valence-corrected chi connectivity index (χ2v) is 3.15. The SMILES string of the molecule is O=C(O)c1ccc(Cl)nc1-n1cccn1. The van der Waals surface area contributed by atoms with Crippen molar-refractivity contribution in [2.45, 2.75) is 0 Å². The molecular weight excluding hydrogens is 218 g/mol. The zero-order valence-corrected chi connectivity index (χ0v) is 8.22. The van der Waals surface area contributed by atoms with Crippen LogP contribution in [0.2, 0.25) is 5.15 Å². The molecule has 2 aromatic heterocycles. The molecule has 5 nitrogen and oxygen atoms in total. The van der Waals surface area contributed by atoms with Crippen LogP contribution in [0.1, 0.15) is 10.4 Å². The number of halogens is 1. The number of rotatable bonds is 2. The third-order valence-electron chi connectivity index (χ3n) is 1.79. The van der Waals surface area contributed by atoms with E-state index >= 15 is 0 Å². The predicted octanol–water partition coefficient (Wildman–Crippen LogP) is 1.62. The molecule has 0 saturated carbocycles. The van der Waals surface area contributed by atoms with Gasteiger partial charge < -0.3 is 5.11 Å². The van der Waals surface area contributed by atoms with E-state index in [0.717, 1.165) is 0 Å². The van der Waals surface area contributed by atoms with Crippen molar-refractivity contribution in [2.75, 3.05) is 0 Å². The molecule has 0 aliphatic rings. The average molecular weight is 224 g/mol. The van der Waals surface area contributed by atoms with Gasteiger partial charge in [0.2, 0.25) is 0 Å². The number of aromatic nitrogens is 3. The Labute approximate surface area is 89.9 Å². The van der Waals surface area contributed by atoms with Crippen LogP contribution in [-0.2, 0) is 0 Å². The molecule has 0 radical (unpaired) electrons. The number of pyridine rings is 1. The molecule has 0 fully saturated rings. The first-order chi connectivity index (χ1) is 7.18. The van der Waals surface area contributed by atoms with Crippen molar-refractivity contribution in [3.05, 3.63) is 41.3 Å². The quantitative estimate of drug-likeness (QED) is 0.786. The van der Waals surface area contributed by atoms with E-state index in [1.807, 2.05) is 0 Å². The van der Waals surface area contributed by atoms with Gasteiger partial charge in [-0.1, -0.05) is 11.6 Å². The molecule has 0 aliphatic carbocycles. The number of hydrogen-bond acceptors (Lipinski definition) is 3. The van der Waals surface area contributed by atoms with E-state index in [-0.39, 0.29) is 16.5 Å². The summed E-state index contributed by atoms with van der Waals surface area (Å²) in [7, 11) is 0. The molecule has 15 heavy (non-hydrogen) atoms. The Morgan fingerprint density at radius 1 is 1.47 bits per heavy atom. The summed E-state index contributed by atoms with van der Waals surface area (Å²) >= 11 is 5.69. The second-order valence-electron chi connectivity index (χ2n) is 2.76. The van der Waals surface area contributed by atoms with Crippen molar-refractivity contribution in [3.8, 4) is 5.82 Å². The Balaban J connectivity index is 2.63. The minimum atomic E-state index is -1.07. The summed E-state index contributed by atoms with van der Waals surface area (Å²) in [5.41, 5.74) is 0.0584. The molecule has 0 atom stereocenters. The Kier molecular flexibility index (Phi) is 2.39. The minimum absolute atomic E-state index is 0.0584. The zero-order chi connectivity index (χ0) is 10.8. The van der Waals surface area contributed by atoms with Gasteiger partial charge in [-0.3, -0.25) is 0 Å². The maximum atomic E-state index is 10.9. The normalized spacial score (nSPS) is 10.2. The first-order valence-electron chi connectivity index (χ1n) is 4.08. The van der Waals surface area contributed by atoms with Gasteiger partial charge >= 0.3 is 5.97 Å². The van der Waals surface area contributed by atoms with E-state index < -0.39 is 5.97 Å². The maximum absolute atomic E-state index is 10.9. The summed E-state index contributed by atoms with van der Waals surface area (Å²) in [4.78, 5) is 14.8. The van der Waals surface area contributed by atoms with Crippen molar-refractivity contribution in [1.29, 1.82) is 0 Å². The van der Waals surface area contributed by atoms with Gasteiger partial charge in [-0.05, 0) is 18.2 Å². The molecule has 0 spiro atoms. The van der Waals surface area contributed by atoms with Crippen LogP contribution in [-0.4, -0.2) is 25.8 Å². The summed E-state index contributed by atoms with van der Waals surface area (Å²) in [6.45, 7) is 0. The molecule has 2 aromatic rings. The third kappa shape index (κ3) is 1.82. The molecule has 6 heteroatoms. The molecule has 76 valence electrons. The Morgan fingerprint density at radius 2 is 2.27 bits per heavy atom. The fourth-order valence-electron chi connectivity index (χ4n) is 1.16. The first kappa shape index (κ1) is 9.67. The third-order valence-corrected chi connectivity index (χ3v) is 2.00. The van der Waals surface area contributed by atoms with E-state index in [9.17, 15) is 4.79 Å². The number of carboxylic acids is 1. The Bertz CT molecular complexity index is 496. The van der Waals surface area contributed by atoms with Gasteiger partial charge in [-0.25, -0.2) is 14.5 Å². The highest BCUT2D eigenvalue weighted by Gasteiger charge is 2.13. The van der Waals surface area contributed by atoms with Crippen LogP contribution in [0.25, 0.3) is 5.82 Å².